The molecule has 0 N–H and O–H groups in total. The molecule has 0 saturated carbocycles. The summed E-state index contributed by atoms with van der Waals surface area (Å²) in [7, 11) is -1.92. The maximum Gasteiger partial charge on any atom is 0.230 e. The Bertz CT molecular complexity index is 401. The predicted octanol–water partition coefficient (Wildman–Crippen LogP) is 1.12. The Hall–Kier alpha value is -0.640. The molecule has 1 saturated heterocycles. The fourth-order valence-electron chi connectivity index (χ4n) is 2.09. The van der Waals surface area contributed by atoms with E-state index in [0.717, 1.165) is 12.8 Å². The molecule has 1 fully saturated rings. The summed E-state index contributed by atoms with van der Waals surface area (Å²) in [6, 6.07) is 1.86. The van der Waals surface area contributed by atoms with Gasteiger partial charge in [-0.15, -0.1) is 0 Å². The fourth-order valence-corrected chi connectivity index (χ4v) is 3.84. The number of methoxy groups -OCH3 is 1. The van der Waals surface area contributed by atoms with Crippen LogP contribution in [-0.4, -0.2) is 43.8 Å². The Morgan fingerprint density at radius 3 is 2.71 bits per heavy atom. The lowest BCUT2D eigenvalue weighted by Gasteiger charge is -2.39. The van der Waals surface area contributed by atoms with Gasteiger partial charge in [0.25, 0.3) is 0 Å². The fraction of sp³-hybridized carbons (Fsp3) is 0.909. The van der Waals surface area contributed by atoms with Crippen molar-refractivity contribution in [1.82, 2.24) is 4.31 Å². The zero-order chi connectivity index (χ0) is 13.1. The standard InChI is InChI=1S/C11H20N2O3S/c1-4-10(8-12)17(14,15)13-7-5-6-11(2,9-13)16-3/h10H,4-7,9H2,1-3H3. The lowest BCUT2D eigenvalue weighted by atomic mass is 9.96. The molecule has 0 radical (unpaired) electrons. The Morgan fingerprint density at radius 1 is 1.59 bits per heavy atom. The van der Waals surface area contributed by atoms with Crippen LogP contribution in [0.25, 0.3) is 0 Å². The molecule has 1 aliphatic heterocycles. The summed E-state index contributed by atoms with van der Waals surface area (Å²) in [6.07, 6.45) is 1.93. The van der Waals surface area contributed by atoms with Gasteiger partial charge in [-0.3, -0.25) is 0 Å². The first-order valence-electron chi connectivity index (χ1n) is 5.83. The highest BCUT2D eigenvalue weighted by atomic mass is 32.2. The summed E-state index contributed by atoms with van der Waals surface area (Å²) in [5.41, 5.74) is -0.431. The van der Waals surface area contributed by atoms with E-state index in [1.165, 1.54) is 4.31 Å². The first-order valence-corrected chi connectivity index (χ1v) is 7.33. The van der Waals surface area contributed by atoms with Crippen molar-refractivity contribution in [3.05, 3.63) is 0 Å². The number of piperidine rings is 1. The second-order valence-corrected chi connectivity index (χ2v) is 6.78. The van der Waals surface area contributed by atoms with Crippen molar-refractivity contribution in [3.63, 3.8) is 0 Å². The SMILES string of the molecule is CCC(C#N)S(=O)(=O)N1CCCC(C)(OC)C1. The van der Waals surface area contributed by atoms with Crippen molar-refractivity contribution in [2.24, 2.45) is 0 Å². The van der Waals surface area contributed by atoms with Gasteiger partial charge >= 0.3 is 0 Å². The Kier molecular flexibility index (Phi) is 4.53. The van der Waals surface area contributed by atoms with E-state index in [0.29, 0.717) is 19.5 Å². The molecule has 17 heavy (non-hydrogen) atoms. The zero-order valence-electron chi connectivity index (χ0n) is 10.6. The van der Waals surface area contributed by atoms with Gasteiger partial charge < -0.3 is 4.74 Å². The van der Waals surface area contributed by atoms with Crippen LogP contribution in [0.3, 0.4) is 0 Å². The lowest BCUT2D eigenvalue weighted by molar-refractivity contribution is -0.0320. The topological polar surface area (TPSA) is 70.4 Å². The smallest absolute Gasteiger partial charge is 0.230 e. The predicted molar refractivity (Wildman–Crippen MR) is 64.8 cm³/mol. The van der Waals surface area contributed by atoms with Gasteiger partial charge in [0.2, 0.25) is 10.0 Å². The molecule has 6 heteroatoms. The van der Waals surface area contributed by atoms with Crippen LogP contribution in [-0.2, 0) is 14.8 Å². The van der Waals surface area contributed by atoms with Crippen molar-refractivity contribution in [1.29, 1.82) is 5.26 Å². The molecule has 0 aromatic rings. The first kappa shape index (κ1) is 14.4. The molecule has 5 nitrogen and oxygen atoms in total. The highest BCUT2D eigenvalue weighted by Crippen LogP contribution is 2.27. The number of hydrogen-bond donors (Lipinski definition) is 0. The van der Waals surface area contributed by atoms with Gasteiger partial charge in [-0.05, 0) is 26.2 Å². The molecule has 1 heterocycles. The van der Waals surface area contributed by atoms with Crippen LogP contribution in [0.1, 0.15) is 33.1 Å². The first-order chi connectivity index (χ1) is 7.89. The molecule has 2 unspecified atom stereocenters. The molecule has 2 atom stereocenters. The molecule has 0 aromatic carbocycles. The van der Waals surface area contributed by atoms with Gasteiger partial charge in [-0.2, -0.15) is 9.57 Å². The van der Waals surface area contributed by atoms with Gasteiger partial charge in [0, 0.05) is 20.2 Å². The van der Waals surface area contributed by atoms with Crippen LogP contribution in [0.2, 0.25) is 0 Å². The monoisotopic (exact) mass is 260 g/mol. The van der Waals surface area contributed by atoms with Gasteiger partial charge in [0.05, 0.1) is 11.7 Å². The summed E-state index contributed by atoms with van der Waals surface area (Å²) < 4.78 is 31.2. The van der Waals surface area contributed by atoms with Gasteiger partial charge in [0.15, 0.2) is 5.25 Å². The quantitative estimate of drug-likeness (QED) is 0.759. The summed E-state index contributed by atoms with van der Waals surface area (Å²) in [5, 5.41) is 7.95. The third kappa shape index (κ3) is 2.97. The van der Waals surface area contributed by atoms with Gasteiger partial charge in [0.1, 0.15) is 0 Å². The van der Waals surface area contributed by atoms with Crippen LogP contribution in [0.15, 0.2) is 0 Å². The van der Waals surface area contributed by atoms with E-state index in [4.69, 9.17) is 10.00 Å². The van der Waals surface area contributed by atoms with Gasteiger partial charge in [-0.1, -0.05) is 6.92 Å². The average Bonchev–Trinajstić information content (AvgIpc) is 2.30. The minimum atomic E-state index is -3.51. The summed E-state index contributed by atoms with van der Waals surface area (Å²) in [5.74, 6) is 0. The Labute approximate surface area is 103 Å². The molecule has 98 valence electrons. The summed E-state index contributed by atoms with van der Waals surface area (Å²) >= 11 is 0. The normalized spacial score (nSPS) is 28.6. The second kappa shape index (κ2) is 5.34. The number of nitriles is 1. The lowest BCUT2D eigenvalue weighted by Crippen LogP contribution is -2.51. The molecule has 1 rings (SSSR count). The molecule has 0 bridgehead atoms. The summed E-state index contributed by atoms with van der Waals surface area (Å²) in [4.78, 5) is 0. The van der Waals surface area contributed by atoms with Crippen molar-refractivity contribution in [2.75, 3.05) is 20.2 Å². The molecule has 0 amide bonds. The van der Waals surface area contributed by atoms with Crippen molar-refractivity contribution in [2.45, 2.75) is 44.0 Å². The van der Waals surface area contributed by atoms with Crippen LogP contribution < -0.4 is 0 Å². The van der Waals surface area contributed by atoms with E-state index in [1.807, 2.05) is 13.0 Å². The second-order valence-electron chi connectivity index (χ2n) is 4.66. The van der Waals surface area contributed by atoms with E-state index in [1.54, 1.807) is 14.0 Å². The maximum atomic E-state index is 12.2. The zero-order valence-corrected chi connectivity index (χ0v) is 11.5. The van der Waals surface area contributed by atoms with E-state index in [9.17, 15) is 8.42 Å². The highest BCUT2D eigenvalue weighted by Gasteiger charge is 2.39. The third-order valence-corrected chi connectivity index (χ3v) is 5.54. The number of ether oxygens (including phenoxy) is 1. The van der Waals surface area contributed by atoms with Crippen molar-refractivity contribution in [3.8, 4) is 6.07 Å². The minimum Gasteiger partial charge on any atom is -0.377 e. The number of hydrogen-bond acceptors (Lipinski definition) is 4. The van der Waals surface area contributed by atoms with Crippen LogP contribution in [0.5, 0.6) is 0 Å². The van der Waals surface area contributed by atoms with E-state index in [-0.39, 0.29) is 0 Å². The number of sulfonamides is 1. The maximum absolute atomic E-state index is 12.2. The molecule has 0 aromatic heterocycles. The number of nitrogens with zero attached hydrogens (tertiary/aromatic N) is 2. The average molecular weight is 260 g/mol. The Balaban J connectivity index is 2.90. The Morgan fingerprint density at radius 2 is 2.24 bits per heavy atom. The van der Waals surface area contributed by atoms with E-state index in [2.05, 4.69) is 0 Å². The van der Waals surface area contributed by atoms with Crippen molar-refractivity contribution >= 4 is 10.0 Å². The largest absolute Gasteiger partial charge is 0.377 e. The van der Waals surface area contributed by atoms with E-state index >= 15 is 0 Å². The third-order valence-electron chi connectivity index (χ3n) is 3.35. The van der Waals surface area contributed by atoms with E-state index < -0.39 is 20.9 Å². The highest BCUT2D eigenvalue weighted by molar-refractivity contribution is 7.90. The van der Waals surface area contributed by atoms with Crippen LogP contribution in [0, 0.1) is 11.3 Å². The number of rotatable bonds is 4. The minimum absolute atomic E-state index is 0.318. The molecular weight excluding hydrogens is 240 g/mol. The molecule has 1 aliphatic rings. The van der Waals surface area contributed by atoms with Crippen LogP contribution in [0.4, 0.5) is 0 Å². The molecule has 0 spiro atoms. The van der Waals surface area contributed by atoms with Gasteiger partial charge in [-0.25, -0.2) is 8.42 Å². The van der Waals surface area contributed by atoms with Crippen LogP contribution >= 0.6 is 0 Å². The van der Waals surface area contributed by atoms with Crippen molar-refractivity contribution < 1.29 is 13.2 Å². The summed E-state index contributed by atoms with van der Waals surface area (Å²) in [6.45, 7) is 4.44. The molecule has 0 aliphatic carbocycles. The molecular formula is C11H20N2O3S.